The van der Waals surface area contributed by atoms with E-state index in [1.54, 1.807) is 0 Å². The molecular formula is C23H19N5. The van der Waals surface area contributed by atoms with Crippen LogP contribution in [0.1, 0.15) is 29.7 Å². The van der Waals surface area contributed by atoms with Gasteiger partial charge in [-0.2, -0.15) is 5.10 Å². The fraction of sp³-hybridized carbons (Fsp3) is 0.0870. The highest BCUT2D eigenvalue weighted by Crippen LogP contribution is 2.26. The molecule has 1 aliphatic rings. The van der Waals surface area contributed by atoms with Crippen molar-refractivity contribution < 1.29 is 0 Å². The molecule has 1 atom stereocenters. The lowest BCUT2D eigenvalue weighted by molar-refractivity contribution is 0.594. The number of nitrogens with one attached hydrogen (secondary N) is 2. The number of hydrogen-bond donors (Lipinski definition) is 2. The molecule has 0 aliphatic carbocycles. The molecule has 5 rings (SSSR count). The molecule has 5 nitrogen and oxygen atoms in total. The first-order chi connectivity index (χ1) is 13.8. The van der Waals surface area contributed by atoms with E-state index < -0.39 is 0 Å². The number of benzene rings is 3. The number of para-hydroxylation sites is 1. The highest BCUT2D eigenvalue weighted by atomic mass is 15.3. The predicted molar refractivity (Wildman–Crippen MR) is 113 cm³/mol. The fourth-order valence-electron chi connectivity index (χ4n) is 3.47. The summed E-state index contributed by atoms with van der Waals surface area (Å²) in [5, 5.41) is 8.89. The van der Waals surface area contributed by atoms with Crippen LogP contribution in [-0.2, 0) is 0 Å². The minimum absolute atomic E-state index is 0.214. The quantitative estimate of drug-likeness (QED) is 0.548. The zero-order valence-electron chi connectivity index (χ0n) is 15.4. The molecular weight excluding hydrogens is 346 g/mol. The molecule has 0 spiro atoms. The molecule has 2 heterocycles. The zero-order chi connectivity index (χ0) is 18.9. The molecule has 1 aromatic heterocycles. The molecule has 5 heteroatoms. The van der Waals surface area contributed by atoms with Crippen molar-refractivity contribution in [2.24, 2.45) is 5.10 Å². The van der Waals surface area contributed by atoms with Crippen molar-refractivity contribution in [1.29, 1.82) is 0 Å². The third-order valence-electron chi connectivity index (χ3n) is 4.96. The number of nitrogens with zero attached hydrogens (tertiary/aromatic N) is 3. The molecule has 3 aromatic carbocycles. The standard InChI is InChI=1S/C23H19N5/c1-15-19-7-3-4-8-20(19)22(28-27-15)16-10-12-18(13-11-16)25-23-24-14-17-6-2-5-9-21(17)26-23/h2-15,27H,1H3,(H,24,25,26). The van der Waals surface area contributed by atoms with E-state index in [1.807, 2.05) is 42.6 Å². The van der Waals surface area contributed by atoms with Gasteiger partial charge in [-0.05, 0) is 30.7 Å². The van der Waals surface area contributed by atoms with Crippen LogP contribution in [0.4, 0.5) is 11.6 Å². The van der Waals surface area contributed by atoms with Crippen molar-refractivity contribution in [2.45, 2.75) is 13.0 Å². The molecule has 1 aliphatic heterocycles. The summed E-state index contributed by atoms with van der Waals surface area (Å²) >= 11 is 0. The Balaban J connectivity index is 1.41. The summed E-state index contributed by atoms with van der Waals surface area (Å²) < 4.78 is 0. The average molecular weight is 365 g/mol. The van der Waals surface area contributed by atoms with Gasteiger partial charge in [0.15, 0.2) is 0 Å². The molecule has 4 aromatic rings. The van der Waals surface area contributed by atoms with Crippen molar-refractivity contribution in [1.82, 2.24) is 15.4 Å². The lowest BCUT2D eigenvalue weighted by Crippen LogP contribution is -2.24. The van der Waals surface area contributed by atoms with E-state index in [0.29, 0.717) is 5.95 Å². The summed E-state index contributed by atoms with van der Waals surface area (Å²) in [5.41, 5.74) is 9.53. The summed E-state index contributed by atoms with van der Waals surface area (Å²) in [6.45, 7) is 2.12. The van der Waals surface area contributed by atoms with E-state index in [1.165, 1.54) is 11.1 Å². The van der Waals surface area contributed by atoms with Gasteiger partial charge in [-0.25, -0.2) is 9.97 Å². The van der Waals surface area contributed by atoms with E-state index in [0.717, 1.165) is 27.9 Å². The number of fused-ring (bicyclic) bond motifs is 2. The third kappa shape index (κ3) is 2.97. The van der Waals surface area contributed by atoms with Crippen molar-refractivity contribution in [3.8, 4) is 0 Å². The first-order valence-corrected chi connectivity index (χ1v) is 9.30. The Morgan fingerprint density at radius 2 is 1.68 bits per heavy atom. The highest BCUT2D eigenvalue weighted by Gasteiger charge is 2.19. The Labute approximate surface area is 163 Å². The van der Waals surface area contributed by atoms with E-state index in [-0.39, 0.29) is 6.04 Å². The second kappa shape index (κ2) is 6.78. The summed E-state index contributed by atoms with van der Waals surface area (Å²) in [4.78, 5) is 8.96. The lowest BCUT2D eigenvalue weighted by Gasteiger charge is -2.23. The van der Waals surface area contributed by atoms with Gasteiger partial charge in [0, 0.05) is 28.4 Å². The van der Waals surface area contributed by atoms with E-state index in [9.17, 15) is 0 Å². The van der Waals surface area contributed by atoms with Crippen LogP contribution in [0.25, 0.3) is 10.9 Å². The van der Waals surface area contributed by atoms with Crippen LogP contribution in [0.5, 0.6) is 0 Å². The van der Waals surface area contributed by atoms with Crippen molar-refractivity contribution in [3.05, 3.63) is 95.7 Å². The molecule has 1 unspecified atom stereocenters. The van der Waals surface area contributed by atoms with Crippen LogP contribution in [-0.4, -0.2) is 15.7 Å². The van der Waals surface area contributed by atoms with Crippen LogP contribution < -0.4 is 10.7 Å². The summed E-state index contributed by atoms with van der Waals surface area (Å²) in [7, 11) is 0. The molecule has 28 heavy (non-hydrogen) atoms. The normalized spacial score (nSPS) is 15.5. The largest absolute Gasteiger partial charge is 0.324 e. The van der Waals surface area contributed by atoms with Crippen LogP contribution in [0.2, 0.25) is 0 Å². The monoisotopic (exact) mass is 365 g/mol. The van der Waals surface area contributed by atoms with E-state index >= 15 is 0 Å². The van der Waals surface area contributed by atoms with E-state index in [2.05, 4.69) is 69.1 Å². The van der Waals surface area contributed by atoms with E-state index in [4.69, 9.17) is 0 Å². The lowest BCUT2D eigenvalue weighted by atomic mass is 9.93. The number of aromatic nitrogens is 2. The number of rotatable bonds is 3. The molecule has 136 valence electrons. The molecule has 0 amide bonds. The molecule has 2 N–H and O–H groups in total. The van der Waals surface area contributed by atoms with Crippen LogP contribution in [0, 0.1) is 0 Å². The van der Waals surface area contributed by atoms with Crippen molar-refractivity contribution in [3.63, 3.8) is 0 Å². The Kier molecular flexibility index (Phi) is 3.98. The molecule has 0 radical (unpaired) electrons. The van der Waals surface area contributed by atoms with Gasteiger partial charge >= 0.3 is 0 Å². The van der Waals surface area contributed by atoms with Gasteiger partial charge in [0.25, 0.3) is 0 Å². The van der Waals surface area contributed by atoms with Gasteiger partial charge in [-0.1, -0.05) is 54.6 Å². The van der Waals surface area contributed by atoms with Crippen LogP contribution in [0.3, 0.4) is 0 Å². The van der Waals surface area contributed by atoms with Crippen molar-refractivity contribution in [2.75, 3.05) is 5.32 Å². The molecule has 0 fully saturated rings. The topological polar surface area (TPSA) is 62.2 Å². The maximum atomic E-state index is 4.59. The Morgan fingerprint density at radius 1 is 0.893 bits per heavy atom. The fourth-order valence-corrected chi connectivity index (χ4v) is 3.47. The van der Waals surface area contributed by atoms with Crippen molar-refractivity contribution >= 4 is 28.3 Å². The first kappa shape index (κ1) is 16.4. The number of hydrazone groups is 1. The second-order valence-electron chi connectivity index (χ2n) is 6.85. The molecule has 0 bridgehead atoms. The summed E-state index contributed by atoms with van der Waals surface area (Å²) in [6, 6.07) is 24.7. The Hall–Kier alpha value is -3.73. The van der Waals surface area contributed by atoms with Gasteiger partial charge in [0.05, 0.1) is 17.3 Å². The molecule has 0 saturated heterocycles. The SMILES string of the molecule is CC1NN=C(c2ccc(Nc3ncc4ccccc4n3)cc2)c2ccccc21. The average Bonchev–Trinajstić information content (AvgIpc) is 2.75. The minimum atomic E-state index is 0.214. The minimum Gasteiger partial charge on any atom is -0.324 e. The highest BCUT2D eigenvalue weighted by molar-refractivity contribution is 6.14. The number of anilines is 2. The van der Waals surface area contributed by atoms with Crippen LogP contribution in [0.15, 0.2) is 84.1 Å². The molecule has 0 saturated carbocycles. The smallest absolute Gasteiger partial charge is 0.227 e. The first-order valence-electron chi connectivity index (χ1n) is 9.30. The third-order valence-corrected chi connectivity index (χ3v) is 4.96. The predicted octanol–water partition coefficient (Wildman–Crippen LogP) is 4.79. The maximum absolute atomic E-state index is 4.59. The zero-order valence-corrected chi connectivity index (χ0v) is 15.4. The van der Waals surface area contributed by atoms with Gasteiger partial charge < -0.3 is 10.7 Å². The Morgan fingerprint density at radius 3 is 2.57 bits per heavy atom. The van der Waals surface area contributed by atoms with Gasteiger partial charge in [-0.15, -0.1) is 0 Å². The van der Waals surface area contributed by atoms with Gasteiger partial charge in [0.2, 0.25) is 5.95 Å². The van der Waals surface area contributed by atoms with Gasteiger partial charge in [0.1, 0.15) is 0 Å². The summed E-state index contributed by atoms with van der Waals surface area (Å²) in [6.07, 6.45) is 1.83. The Bertz CT molecular complexity index is 1180. The van der Waals surface area contributed by atoms with Crippen LogP contribution >= 0.6 is 0 Å². The maximum Gasteiger partial charge on any atom is 0.227 e. The summed E-state index contributed by atoms with van der Waals surface area (Å²) in [5.74, 6) is 0.585. The van der Waals surface area contributed by atoms with Gasteiger partial charge in [-0.3, -0.25) is 0 Å². The second-order valence-corrected chi connectivity index (χ2v) is 6.85. The number of hydrogen-bond acceptors (Lipinski definition) is 5.